The van der Waals surface area contributed by atoms with Crippen molar-refractivity contribution < 1.29 is 14.2 Å². The maximum Gasteiger partial charge on any atom is 0.0782 e. The lowest BCUT2D eigenvalue weighted by Gasteiger charge is -2.31. The summed E-state index contributed by atoms with van der Waals surface area (Å²) in [6.07, 6.45) is 1.18. The van der Waals surface area contributed by atoms with Gasteiger partial charge in [-0.05, 0) is 27.1 Å². The van der Waals surface area contributed by atoms with E-state index in [1.54, 1.807) is 0 Å². The van der Waals surface area contributed by atoms with E-state index in [9.17, 15) is 0 Å². The van der Waals surface area contributed by atoms with Gasteiger partial charge in [-0.25, -0.2) is 0 Å². The van der Waals surface area contributed by atoms with E-state index in [1.165, 1.54) is 6.42 Å². The molecule has 0 saturated carbocycles. The molecule has 2 saturated heterocycles. The predicted molar refractivity (Wildman–Crippen MR) is 113 cm³/mol. The van der Waals surface area contributed by atoms with E-state index in [-0.39, 0.29) is 0 Å². The Balaban J connectivity index is 2.00. The second-order valence-corrected chi connectivity index (χ2v) is 8.61. The summed E-state index contributed by atoms with van der Waals surface area (Å²) >= 11 is 3.87. The first-order valence-electron chi connectivity index (χ1n) is 10.4. The van der Waals surface area contributed by atoms with Crippen LogP contribution in [0, 0.1) is 0 Å². The number of hydrogen-bond donors (Lipinski definition) is 0. The molecule has 2 bridgehead atoms. The number of halogens is 1. The Morgan fingerprint density at radius 3 is 1.81 bits per heavy atom. The fourth-order valence-corrected chi connectivity index (χ4v) is 3.95. The lowest BCUT2D eigenvalue weighted by atomic mass is 10.3. The van der Waals surface area contributed by atoms with Crippen molar-refractivity contribution in [2.75, 3.05) is 113 Å². The van der Waals surface area contributed by atoms with Crippen LogP contribution in [0.2, 0.25) is 0 Å². The van der Waals surface area contributed by atoms with Crippen LogP contribution < -0.4 is 0 Å². The highest BCUT2D eigenvalue weighted by atomic mass is 79.9. The minimum Gasteiger partial charge on any atom is -0.379 e. The summed E-state index contributed by atoms with van der Waals surface area (Å²) in [5.74, 6) is 0. The molecule has 0 amide bonds. The molecule has 2 fully saturated rings. The Labute approximate surface area is 174 Å². The lowest BCUT2D eigenvalue weighted by Crippen LogP contribution is -2.43. The fraction of sp³-hybridized carbons (Fsp3) is 1.00. The molecule has 0 aromatic heterocycles. The van der Waals surface area contributed by atoms with E-state index in [2.05, 4.69) is 49.6 Å². The van der Waals surface area contributed by atoms with Gasteiger partial charge in [-0.1, -0.05) is 15.9 Å². The summed E-state index contributed by atoms with van der Waals surface area (Å²) in [5.41, 5.74) is 0. The van der Waals surface area contributed by atoms with Crippen LogP contribution in [0.15, 0.2) is 0 Å². The van der Waals surface area contributed by atoms with E-state index >= 15 is 0 Å². The lowest BCUT2D eigenvalue weighted by molar-refractivity contribution is 0.0312. The van der Waals surface area contributed by atoms with Crippen LogP contribution in [0.25, 0.3) is 0 Å². The summed E-state index contributed by atoms with van der Waals surface area (Å²) in [6, 6.07) is 0. The standard InChI is InChI=1S/C19H39BrN4O3/c1-21-4-3-5-22(2)19(20)18-24-10-14-25-12-8-23(7-6-21)9-13-26-16-17-27-15-11-24/h19H,3-18H2,1-2H3. The average Bonchev–Trinajstić information content (AvgIpc) is 2.66. The molecule has 2 rings (SSSR count). The second kappa shape index (κ2) is 14.2. The number of hydrogen-bond acceptors (Lipinski definition) is 7. The van der Waals surface area contributed by atoms with E-state index in [0.717, 1.165) is 85.3 Å². The molecule has 0 aliphatic carbocycles. The molecule has 0 radical (unpaired) electrons. The van der Waals surface area contributed by atoms with Gasteiger partial charge in [0.2, 0.25) is 0 Å². The van der Waals surface area contributed by atoms with E-state index in [4.69, 9.17) is 14.2 Å². The third-order valence-corrected chi connectivity index (χ3v) is 6.30. The van der Waals surface area contributed by atoms with Crippen LogP contribution >= 0.6 is 15.9 Å². The highest BCUT2D eigenvalue weighted by Crippen LogP contribution is 2.09. The molecule has 0 aromatic carbocycles. The molecule has 8 heteroatoms. The van der Waals surface area contributed by atoms with Crippen molar-refractivity contribution in [1.82, 2.24) is 19.6 Å². The monoisotopic (exact) mass is 450 g/mol. The molecule has 2 aliphatic heterocycles. The normalized spacial score (nSPS) is 33.2. The summed E-state index contributed by atoms with van der Waals surface area (Å²) < 4.78 is 17.5. The summed E-state index contributed by atoms with van der Waals surface area (Å²) in [4.78, 5) is 10.1. The van der Waals surface area contributed by atoms with Crippen molar-refractivity contribution in [3.05, 3.63) is 0 Å². The van der Waals surface area contributed by atoms with Gasteiger partial charge in [-0.2, -0.15) is 0 Å². The molecule has 0 N–H and O–H groups in total. The van der Waals surface area contributed by atoms with Gasteiger partial charge in [0, 0.05) is 52.4 Å². The van der Waals surface area contributed by atoms with Crippen LogP contribution in [-0.2, 0) is 14.2 Å². The van der Waals surface area contributed by atoms with Gasteiger partial charge in [-0.15, -0.1) is 0 Å². The Hall–Kier alpha value is 0.200. The van der Waals surface area contributed by atoms with E-state index in [0.29, 0.717) is 18.2 Å². The first-order valence-corrected chi connectivity index (χ1v) is 11.3. The smallest absolute Gasteiger partial charge is 0.0782 e. The topological polar surface area (TPSA) is 40.7 Å². The minimum atomic E-state index is 0.344. The number of rotatable bonds is 0. The van der Waals surface area contributed by atoms with Crippen LogP contribution in [0.1, 0.15) is 6.42 Å². The van der Waals surface area contributed by atoms with Gasteiger partial charge in [0.25, 0.3) is 0 Å². The Kier molecular flexibility index (Phi) is 12.4. The van der Waals surface area contributed by atoms with Gasteiger partial charge < -0.3 is 19.1 Å². The average molecular weight is 451 g/mol. The van der Waals surface area contributed by atoms with Crippen LogP contribution in [0.4, 0.5) is 0 Å². The first kappa shape index (κ1) is 23.5. The molecule has 2 aliphatic rings. The molecule has 0 aromatic rings. The molecule has 2 heterocycles. The van der Waals surface area contributed by atoms with Crippen LogP contribution in [0.5, 0.6) is 0 Å². The maximum absolute atomic E-state index is 5.95. The Morgan fingerprint density at radius 1 is 0.630 bits per heavy atom. The van der Waals surface area contributed by atoms with Crippen molar-refractivity contribution in [3.63, 3.8) is 0 Å². The van der Waals surface area contributed by atoms with Gasteiger partial charge in [0.15, 0.2) is 0 Å². The van der Waals surface area contributed by atoms with Crippen LogP contribution in [-0.4, -0.2) is 137 Å². The zero-order valence-corrected chi connectivity index (χ0v) is 18.9. The summed E-state index contributed by atoms with van der Waals surface area (Å²) in [5, 5.41) is 0. The predicted octanol–water partition coefficient (Wildman–Crippen LogP) is 0.642. The molecule has 160 valence electrons. The Morgan fingerprint density at radius 2 is 1.19 bits per heavy atom. The second-order valence-electron chi connectivity index (χ2n) is 7.55. The van der Waals surface area contributed by atoms with Crippen molar-refractivity contribution in [1.29, 1.82) is 0 Å². The van der Waals surface area contributed by atoms with E-state index in [1.807, 2.05) is 0 Å². The molecule has 3 atom stereocenters. The van der Waals surface area contributed by atoms with Crippen LogP contribution in [0.3, 0.4) is 0 Å². The minimum absolute atomic E-state index is 0.344. The van der Waals surface area contributed by atoms with Crippen molar-refractivity contribution in [2.45, 2.75) is 11.4 Å². The zero-order chi connectivity index (χ0) is 19.3. The van der Waals surface area contributed by atoms with Crippen molar-refractivity contribution >= 4 is 15.9 Å². The van der Waals surface area contributed by atoms with Crippen molar-refractivity contribution in [2.24, 2.45) is 0 Å². The molecule has 27 heavy (non-hydrogen) atoms. The molecule has 0 spiro atoms. The zero-order valence-electron chi connectivity index (χ0n) is 17.3. The molecule has 7 nitrogen and oxygen atoms in total. The number of fused-ring (bicyclic) bond motifs is 6. The first-order chi connectivity index (χ1) is 13.1. The van der Waals surface area contributed by atoms with Gasteiger partial charge in [0.1, 0.15) is 0 Å². The van der Waals surface area contributed by atoms with Gasteiger partial charge >= 0.3 is 0 Å². The van der Waals surface area contributed by atoms with E-state index < -0.39 is 0 Å². The third-order valence-electron chi connectivity index (χ3n) is 5.32. The summed E-state index contributed by atoms with van der Waals surface area (Å²) in [7, 11) is 4.43. The van der Waals surface area contributed by atoms with Crippen molar-refractivity contribution in [3.8, 4) is 0 Å². The Bertz CT molecular complexity index is 381. The number of ether oxygens (including phenoxy) is 3. The maximum atomic E-state index is 5.95. The highest BCUT2D eigenvalue weighted by Gasteiger charge is 2.17. The molecule has 3 unspecified atom stereocenters. The SMILES string of the molecule is CN1CCCN(C)C(Br)CN2CCOCCOCCN(CCOCC2)CC1. The van der Waals surface area contributed by atoms with Gasteiger partial charge in [-0.3, -0.25) is 14.7 Å². The number of alkyl halides is 1. The number of nitrogens with zero attached hydrogens (tertiary/aromatic N) is 4. The highest BCUT2D eigenvalue weighted by molar-refractivity contribution is 9.09. The van der Waals surface area contributed by atoms with Gasteiger partial charge in [0.05, 0.1) is 44.6 Å². The largest absolute Gasteiger partial charge is 0.379 e. The quantitative estimate of drug-likeness (QED) is 0.304. The number of likely N-dealkylation sites (N-methyl/N-ethyl adjacent to an activating group) is 2. The third kappa shape index (κ3) is 10.5. The fourth-order valence-electron chi connectivity index (χ4n) is 3.33. The molecular formula is C19H39BrN4O3. The molecular weight excluding hydrogens is 412 g/mol. The summed E-state index contributed by atoms with van der Waals surface area (Å²) in [6.45, 7) is 13.5.